The molecule has 0 bridgehead atoms. The molecule has 1 heterocycles. The van der Waals surface area contributed by atoms with Gasteiger partial charge in [-0.25, -0.2) is 0 Å². The Bertz CT molecular complexity index is 359. The molecule has 2 N–H and O–H groups in total. The molecule has 1 fully saturated rings. The van der Waals surface area contributed by atoms with Crippen molar-refractivity contribution >= 4 is 17.8 Å². The summed E-state index contributed by atoms with van der Waals surface area (Å²) in [6.45, 7) is 0.765. The summed E-state index contributed by atoms with van der Waals surface area (Å²) in [5.74, 6) is -1.26. The van der Waals surface area contributed by atoms with Gasteiger partial charge in [0.25, 0.3) is 0 Å². The second-order valence-corrected chi connectivity index (χ2v) is 4.89. The number of likely N-dealkylation sites (tertiary alicyclic amines) is 1. The van der Waals surface area contributed by atoms with Crippen LogP contribution in [0.25, 0.3) is 0 Å². The number of aliphatic carboxylic acids is 1. The fourth-order valence-electron chi connectivity index (χ4n) is 2.10. The van der Waals surface area contributed by atoms with Crippen LogP contribution in [0.3, 0.4) is 0 Å². The molecule has 7 heteroatoms. The van der Waals surface area contributed by atoms with E-state index in [2.05, 4.69) is 5.32 Å². The molecule has 0 aromatic rings. The van der Waals surface area contributed by atoms with Crippen molar-refractivity contribution in [2.45, 2.75) is 38.2 Å². The summed E-state index contributed by atoms with van der Waals surface area (Å²) in [6, 6.07) is 0. The van der Waals surface area contributed by atoms with Crippen molar-refractivity contribution in [1.82, 2.24) is 10.2 Å². The van der Waals surface area contributed by atoms with Gasteiger partial charge in [0, 0.05) is 26.6 Å². The molecule has 0 radical (unpaired) electrons. The zero-order chi connectivity index (χ0) is 15.0. The summed E-state index contributed by atoms with van der Waals surface area (Å²) in [5.41, 5.74) is 0. The van der Waals surface area contributed by atoms with Gasteiger partial charge in [-0.15, -0.1) is 0 Å². The second-order valence-electron chi connectivity index (χ2n) is 4.89. The van der Waals surface area contributed by atoms with E-state index >= 15 is 0 Å². The predicted octanol–water partition coefficient (Wildman–Crippen LogP) is -0.00510. The molecule has 0 aromatic heterocycles. The Hall–Kier alpha value is -1.63. The van der Waals surface area contributed by atoms with Crippen molar-refractivity contribution in [3.05, 3.63) is 0 Å². The number of carboxylic acids is 1. The van der Waals surface area contributed by atoms with Crippen LogP contribution in [0.1, 0.15) is 32.1 Å². The Morgan fingerprint density at radius 2 is 2.15 bits per heavy atom. The highest BCUT2D eigenvalue weighted by atomic mass is 16.5. The van der Waals surface area contributed by atoms with Crippen LogP contribution < -0.4 is 5.32 Å². The van der Waals surface area contributed by atoms with Gasteiger partial charge in [0.05, 0.1) is 19.1 Å². The van der Waals surface area contributed by atoms with Gasteiger partial charge in [-0.2, -0.15) is 0 Å². The number of rotatable bonds is 7. The molecule has 1 saturated heterocycles. The minimum atomic E-state index is -0.978. The van der Waals surface area contributed by atoms with E-state index in [1.54, 1.807) is 4.90 Å². The van der Waals surface area contributed by atoms with Crippen molar-refractivity contribution in [2.75, 3.05) is 26.7 Å². The lowest BCUT2D eigenvalue weighted by atomic mass is 10.2. The number of ether oxygens (including phenoxy) is 1. The van der Waals surface area contributed by atoms with E-state index in [4.69, 9.17) is 9.84 Å². The Morgan fingerprint density at radius 3 is 2.80 bits per heavy atom. The highest BCUT2D eigenvalue weighted by Crippen LogP contribution is 2.10. The lowest BCUT2D eigenvalue weighted by Gasteiger charge is -2.20. The van der Waals surface area contributed by atoms with Crippen molar-refractivity contribution in [3.8, 4) is 0 Å². The largest absolute Gasteiger partial charge is 0.481 e. The summed E-state index contributed by atoms with van der Waals surface area (Å²) < 4.78 is 4.97. The normalized spacial score (nSPS) is 17.4. The van der Waals surface area contributed by atoms with Gasteiger partial charge >= 0.3 is 5.97 Å². The minimum absolute atomic E-state index is 0.00600. The van der Waals surface area contributed by atoms with Crippen LogP contribution in [-0.4, -0.2) is 60.6 Å². The lowest BCUT2D eigenvalue weighted by molar-refractivity contribution is -0.140. The summed E-state index contributed by atoms with van der Waals surface area (Å²) in [6.07, 6.45) is 2.57. The van der Waals surface area contributed by atoms with Gasteiger partial charge in [0.15, 0.2) is 0 Å². The molecule has 2 amide bonds. The SMILES string of the molecule is COC(CNC(=O)CN1CCCCCC1=O)CC(=O)O. The van der Waals surface area contributed by atoms with Gasteiger partial charge in [-0.1, -0.05) is 6.42 Å². The fourth-order valence-corrected chi connectivity index (χ4v) is 2.10. The molecular formula is C13H22N2O5. The smallest absolute Gasteiger partial charge is 0.306 e. The van der Waals surface area contributed by atoms with E-state index in [0.29, 0.717) is 13.0 Å². The average Bonchev–Trinajstić information content (AvgIpc) is 2.59. The minimum Gasteiger partial charge on any atom is -0.481 e. The summed E-state index contributed by atoms with van der Waals surface area (Å²) in [5, 5.41) is 11.3. The number of hydrogen-bond donors (Lipinski definition) is 2. The standard InChI is InChI=1S/C13H22N2O5/c1-20-10(7-13(18)19)8-14-11(16)9-15-6-4-2-3-5-12(15)17/h10H,2-9H2,1H3,(H,14,16)(H,18,19). The van der Waals surface area contributed by atoms with E-state index in [0.717, 1.165) is 19.3 Å². The molecule has 1 unspecified atom stereocenters. The number of hydrogen-bond acceptors (Lipinski definition) is 4. The van der Waals surface area contributed by atoms with Crippen LogP contribution in [-0.2, 0) is 19.1 Å². The summed E-state index contributed by atoms with van der Waals surface area (Å²) in [4.78, 5) is 35.6. The molecule has 7 nitrogen and oxygen atoms in total. The summed E-state index contributed by atoms with van der Waals surface area (Å²) in [7, 11) is 1.40. The number of nitrogens with one attached hydrogen (secondary N) is 1. The first-order chi connectivity index (χ1) is 9.52. The monoisotopic (exact) mass is 286 g/mol. The highest BCUT2D eigenvalue weighted by Gasteiger charge is 2.20. The van der Waals surface area contributed by atoms with Crippen molar-refractivity contribution < 1.29 is 24.2 Å². The van der Waals surface area contributed by atoms with E-state index in [1.165, 1.54) is 7.11 Å². The summed E-state index contributed by atoms with van der Waals surface area (Å²) >= 11 is 0. The molecule has 1 aliphatic rings. The molecular weight excluding hydrogens is 264 g/mol. The zero-order valence-corrected chi connectivity index (χ0v) is 11.8. The van der Waals surface area contributed by atoms with E-state index in [9.17, 15) is 14.4 Å². The Balaban J connectivity index is 2.34. The third-order valence-electron chi connectivity index (χ3n) is 3.27. The molecule has 0 saturated carbocycles. The topological polar surface area (TPSA) is 95.9 Å². The molecule has 0 aromatic carbocycles. The first kappa shape index (κ1) is 16.4. The number of carbonyl (C=O) groups is 3. The van der Waals surface area contributed by atoms with Crippen LogP contribution in [0.15, 0.2) is 0 Å². The number of amides is 2. The number of carbonyl (C=O) groups excluding carboxylic acids is 2. The Kier molecular flexibility index (Phi) is 7.00. The predicted molar refractivity (Wildman–Crippen MR) is 71.1 cm³/mol. The molecule has 0 spiro atoms. The highest BCUT2D eigenvalue weighted by molar-refractivity contribution is 5.84. The lowest BCUT2D eigenvalue weighted by Crippen LogP contribution is -2.43. The number of methoxy groups -OCH3 is 1. The Labute approximate surface area is 118 Å². The average molecular weight is 286 g/mol. The molecule has 1 aliphatic heterocycles. The molecule has 1 atom stereocenters. The van der Waals surface area contributed by atoms with Crippen molar-refractivity contribution in [2.24, 2.45) is 0 Å². The van der Waals surface area contributed by atoms with Crippen LogP contribution >= 0.6 is 0 Å². The molecule has 114 valence electrons. The van der Waals surface area contributed by atoms with Gasteiger partial charge in [-0.3, -0.25) is 14.4 Å². The van der Waals surface area contributed by atoms with Crippen LogP contribution in [0, 0.1) is 0 Å². The van der Waals surface area contributed by atoms with Crippen molar-refractivity contribution in [1.29, 1.82) is 0 Å². The quantitative estimate of drug-likeness (QED) is 0.686. The van der Waals surface area contributed by atoms with E-state index < -0.39 is 12.1 Å². The zero-order valence-electron chi connectivity index (χ0n) is 11.8. The van der Waals surface area contributed by atoms with Crippen LogP contribution in [0.4, 0.5) is 0 Å². The van der Waals surface area contributed by atoms with Gasteiger partial charge in [0.1, 0.15) is 0 Å². The van der Waals surface area contributed by atoms with Gasteiger partial charge in [0.2, 0.25) is 11.8 Å². The maximum absolute atomic E-state index is 11.8. The van der Waals surface area contributed by atoms with Crippen molar-refractivity contribution in [3.63, 3.8) is 0 Å². The molecule has 0 aliphatic carbocycles. The van der Waals surface area contributed by atoms with Gasteiger partial charge < -0.3 is 20.1 Å². The third-order valence-corrected chi connectivity index (χ3v) is 3.27. The van der Waals surface area contributed by atoms with Gasteiger partial charge in [-0.05, 0) is 12.8 Å². The van der Waals surface area contributed by atoms with Crippen LogP contribution in [0.5, 0.6) is 0 Å². The van der Waals surface area contributed by atoms with E-state index in [-0.39, 0.29) is 31.3 Å². The van der Waals surface area contributed by atoms with E-state index in [1.807, 2.05) is 0 Å². The number of nitrogens with zero attached hydrogens (tertiary/aromatic N) is 1. The maximum Gasteiger partial charge on any atom is 0.306 e. The first-order valence-electron chi connectivity index (χ1n) is 6.82. The first-order valence-corrected chi connectivity index (χ1v) is 6.82. The molecule has 1 rings (SSSR count). The second kappa shape index (κ2) is 8.52. The molecule has 20 heavy (non-hydrogen) atoms. The van der Waals surface area contributed by atoms with Crippen LogP contribution in [0.2, 0.25) is 0 Å². The third kappa shape index (κ3) is 6.01. The maximum atomic E-state index is 11.8. The fraction of sp³-hybridized carbons (Fsp3) is 0.769. The number of carboxylic acid groups (broad SMARTS) is 1. The Morgan fingerprint density at radius 1 is 1.40 bits per heavy atom.